The van der Waals surface area contributed by atoms with Crippen molar-refractivity contribution in [2.24, 2.45) is 0 Å². The van der Waals surface area contributed by atoms with Crippen LogP contribution in [-0.4, -0.2) is 40.1 Å². The smallest absolute Gasteiger partial charge is 0.338 e. The van der Waals surface area contributed by atoms with Gasteiger partial charge in [-0.2, -0.15) is 0 Å². The number of carbonyl (C=O) groups excluding carboxylic acids is 4. The molecule has 0 saturated carbocycles. The van der Waals surface area contributed by atoms with Gasteiger partial charge in [0.15, 0.2) is 5.13 Å². The Hall–Kier alpha value is -4.11. The highest BCUT2D eigenvalue weighted by molar-refractivity contribution is 7.14. The van der Waals surface area contributed by atoms with Gasteiger partial charge in [-0.25, -0.2) is 9.78 Å². The van der Waals surface area contributed by atoms with Crippen molar-refractivity contribution in [1.29, 1.82) is 0 Å². The molecule has 0 saturated heterocycles. The highest BCUT2D eigenvalue weighted by Crippen LogP contribution is 2.32. The van der Waals surface area contributed by atoms with Gasteiger partial charge in [-0.3, -0.25) is 24.2 Å². The molecule has 2 aromatic carbocycles. The summed E-state index contributed by atoms with van der Waals surface area (Å²) in [6, 6.07) is 11.9. The number of benzene rings is 2. The van der Waals surface area contributed by atoms with Crippen LogP contribution in [0.25, 0.3) is 0 Å². The van der Waals surface area contributed by atoms with Crippen LogP contribution in [0.3, 0.4) is 0 Å². The molecule has 3 aromatic rings. The quantitative estimate of drug-likeness (QED) is 0.262. The van der Waals surface area contributed by atoms with Gasteiger partial charge in [-0.15, -0.1) is 17.9 Å². The van der Waals surface area contributed by atoms with Crippen LogP contribution in [-0.2, 0) is 22.6 Å². The molecule has 0 fully saturated rings. The van der Waals surface area contributed by atoms with Gasteiger partial charge in [0.05, 0.1) is 28.1 Å². The first-order valence-corrected chi connectivity index (χ1v) is 11.8. The van der Waals surface area contributed by atoms with Gasteiger partial charge < -0.3 is 4.74 Å². The third kappa shape index (κ3) is 4.63. The molecule has 3 amide bonds. The number of thiazole rings is 1. The largest absolute Gasteiger partial charge is 0.456 e. The van der Waals surface area contributed by atoms with Crippen LogP contribution in [0.1, 0.15) is 56.2 Å². The van der Waals surface area contributed by atoms with E-state index >= 15 is 0 Å². The average molecular weight is 490 g/mol. The first kappa shape index (κ1) is 24.0. The first-order chi connectivity index (χ1) is 16.8. The Morgan fingerprint density at radius 3 is 2.60 bits per heavy atom. The van der Waals surface area contributed by atoms with E-state index in [-0.39, 0.29) is 35.7 Å². The summed E-state index contributed by atoms with van der Waals surface area (Å²) in [5.74, 6) is -1.71. The normalized spacial score (nSPS) is 12.5. The zero-order chi connectivity index (χ0) is 25.1. The fraction of sp³-hybridized carbons (Fsp3) is 0.192. The summed E-state index contributed by atoms with van der Waals surface area (Å²) in [4.78, 5) is 57.0. The lowest BCUT2D eigenvalue weighted by Crippen LogP contribution is -2.29. The molecule has 1 aliphatic rings. The number of aromatic nitrogens is 1. The fourth-order valence-electron chi connectivity index (χ4n) is 3.84. The lowest BCUT2D eigenvalue weighted by atomic mass is 10.1. The van der Waals surface area contributed by atoms with Crippen molar-refractivity contribution in [2.75, 3.05) is 11.4 Å². The average Bonchev–Trinajstić information content (AvgIpc) is 3.41. The van der Waals surface area contributed by atoms with E-state index in [0.717, 1.165) is 22.6 Å². The number of hydrogen-bond acceptors (Lipinski definition) is 7. The number of aryl methyl sites for hydroxylation is 1. The minimum Gasteiger partial charge on any atom is -0.456 e. The molecule has 0 radical (unpaired) electrons. The number of para-hydroxylation sites is 1. The molecule has 0 unspecified atom stereocenters. The van der Waals surface area contributed by atoms with E-state index in [0.29, 0.717) is 10.8 Å². The Kier molecular flexibility index (Phi) is 6.88. The Morgan fingerprint density at radius 1 is 1.14 bits per heavy atom. The van der Waals surface area contributed by atoms with Crippen molar-refractivity contribution in [2.45, 2.75) is 26.9 Å². The van der Waals surface area contributed by atoms with Crippen molar-refractivity contribution in [3.8, 4) is 0 Å². The number of esters is 1. The summed E-state index contributed by atoms with van der Waals surface area (Å²) >= 11 is 1.28. The van der Waals surface area contributed by atoms with E-state index in [2.05, 4.69) is 11.6 Å². The van der Waals surface area contributed by atoms with Gasteiger partial charge in [0.2, 0.25) is 5.91 Å². The molecule has 9 heteroatoms. The molecular weight excluding hydrogens is 466 g/mol. The van der Waals surface area contributed by atoms with E-state index in [1.165, 1.54) is 42.5 Å². The van der Waals surface area contributed by atoms with Crippen LogP contribution in [0.5, 0.6) is 0 Å². The number of rotatable bonds is 8. The summed E-state index contributed by atoms with van der Waals surface area (Å²) in [6.45, 7) is 7.04. The zero-order valence-electron chi connectivity index (χ0n) is 19.3. The van der Waals surface area contributed by atoms with Crippen LogP contribution in [0.15, 0.2) is 60.5 Å². The number of nitrogens with zero attached hydrogens (tertiary/aromatic N) is 3. The van der Waals surface area contributed by atoms with Crippen LogP contribution >= 0.6 is 11.3 Å². The second kappa shape index (κ2) is 10.0. The maximum absolute atomic E-state index is 12.6. The fourth-order valence-corrected chi connectivity index (χ4v) is 4.70. The number of imide groups is 1. The highest BCUT2D eigenvalue weighted by Gasteiger charge is 2.35. The topological polar surface area (TPSA) is 96.9 Å². The Bertz CT molecular complexity index is 1350. The lowest BCUT2D eigenvalue weighted by molar-refractivity contribution is -0.115. The van der Waals surface area contributed by atoms with E-state index in [9.17, 15) is 19.2 Å². The molecule has 1 aromatic heterocycles. The predicted molar refractivity (Wildman–Crippen MR) is 132 cm³/mol. The van der Waals surface area contributed by atoms with Gasteiger partial charge in [-0.05, 0) is 36.2 Å². The van der Waals surface area contributed by atoms with Gasteiger partial charge in [0.1, 0.15) is 6.61 Å². The van der Waals surface area contributed by atoms with Crippen molar-refractivity contribution in [1.82, 2.24) is 9.88 Å². The molecule has 178 valence electrons. The van der Waals surface area contributed by atoms with Crippen LogP contribution < -0.4 is 4.90 Å². The molecule has 35 heavy (non-hydrogen) atoms. The standard InChI is InChI=1S/C26H23N3O5S/c1-4-12-28-23(31)20-11-10-18(13-21(20)24(28)32)25(33)34-14-19-15-35-26(27-19)29(16(3)30)22-9-7-6-8-17(22)5-2/h4,6-11,13,15H,1,5,12,14H2,2-3H3. The molecule has 2 heterocycles. The molecule has 0 aliphatic carbocycles. The molecule has 0 spiro atoms. The number of ether oxygens (including phenoxy) is 1. The van der Waals surface area contributed by atoms with Crippen LogP contribution in [0.4, 0.5) is 10.8 Å². The van der Waals surface area contributed by atoms with Gasteiger partial charge >= 0.3 is 5.97 Å². The van der Waals surface area contributed by atoms with Gasteiger partial charge in [0, 0.05) is 18.8 Å². The molecule has 0 N–H and O–H groups in total. The van der Waals surface area contributed by atoms with E-state index in [1.807, 2.05) is 31.2 Å². The number of fused-ring (bicyclic) bond motifs is 1. The molecule has 4 rings (SSSR count). The summed E-state index contributed by atoms with van der Waals surface area (Å²) < 4.78 is 5.39. The minimum atomic E-state index is -0.649. The SMILES string of the molecule is C=CCN1C(=O)c2ccc(C(=O)OCc3csc(N(C(C)=O)c4ccccc4CC)n3)cc2C1=O. The number of carbonyl (C=O) groups is 4. The molecule has 0 atom stereocenters. The minimum absolute atomic E-state index is 0.0955. The molecule has 0 bridgehead atoms. The summed E-state index contributed by atoms with van der Waals surface area (Å²) in [6.07, 6.45) is 2.23. The second-order valence-corrected chi connectivity index (χ2v) is 8.64. The first-order valence-electron chi connectivity index (χ1n) is 11.0. The summed E-state index contributed by atoms with van der Waals surface area (Å²) in [5, 5.41) is 2.21. The van der Waals surface area contributed by atoms with Gasteiger partial charge in [-0.1, -0.05) is 31.2 Å². The molecule has 1 aliphatic heterocycles. The maximum Gasteiger partial charge on any atom is 0.338 e. The molecular formula is C26H23N3O5S. The summed E-state index contributed by atoms with van der Waals surface area (Å²) in [5.41, 5.74) is 2.83. The van der Waals surface area contributed by atoms with Crippen molar-refractivity contribution in [3.63, 3.8) is 0 Å². The molecule has 8 nitrogen and oxygen atoms in total. The van der Waals surface area contributed by atoms with Crippen LogP contribution in [0.2, 0.25) is 0 Å². The number of anilines is 2. The Morgan fingerprint density at radius 2 is 1.89 bits per heavy atom. The van der Waals surface area contributed by atoms with Crippen molar-refractivity contribution in [3.05, 3.63) is 88.4 Å². The van der Waals surface area contributed by atoms with Crippen molar-refractivity contribution < 1.29 is 23.9 Å². The number of hydrogen-bond donors (Lipinski definition) is 0. The number of amides is 3. The zero-order valence-corrected chi connectivity index (χ0v) is 20.1. The van der Waals surface area contributed by atoms with E-state index in [4.69, 9.17) is 4.74 Å². The predicted octanol–water partition coefficient (Wildman–Crippen LogP) is 4.53. The summed E-state index contributed by atoms with van der Waals surface area (Å²) in [7, 11) is 0. The Balaban J connectivity index is 1.48. The maximum atomic E-state index is 12.6. The van der Waals surface area contributed by atoms with Gasteiger partial charge in [0.25, 0.3) is 11.8 Å². The van der Waals surface area contributed by atoms with Crippen LogP contribution in [0, 0.1) is 0 Å². The monoisotopic (exact) mass is 489 g/mol. The third-order valence-corrected chi connectivity index (χ3v) is 6.40. The van der Waals surface area contributed by atoms with E-state index in [1.54, 1.807) is 10.3 Å². The second-order valence-electron chi connectivity index (χ2n) is 7.80. The third-order valence-electron chi connectivity index (χ3n) is 5.53. The van der Waals surface area contributed by atoms with E-state index < -0.39 is 17.8 Å². The Labute approximate surface area is 206 Å². The lowest BCUT2D eigenvalue weighted by Gasteiger charge is -2.20. The van der Waals surface area contributed by atoms with Crippen molar-refractivity contribution >= 4 is 45.8 Å². The highest BCUT2D eigenvalue weighted by atomic mass is 32.1.